The highest BCUT2D eigenvalue weighted by molar-refractivity contribution is 6.09. The summed E-state index contributed by atoms with van der Waals surface area (Å²) in [5, 5.41) is 3.41. The Morgan fingerprint density at radius 1 is 1.16 bits per heavy atom. The first-order valence-corrected chi connectivity index (χ1v) is 10.1. The van der Waals surface area contributed by atoms with E-state index in [4.69, 9.17) is 0 Å². The summed E-state index contributed by atoms with van der Waals surface area (Å²) in [6, 6.07) is 13.5. The molecular weight excluding hydrogens is 417 g/mol. The molecule has 0 bridgehead atoms. The number of anilines is 1. The van der Waals surface area contributed by atoms with Gasteiger partial charge in [-0.05, 0) is 29.3 Å². The van der Waals surface area contributed by atoms with Crippen molar-refractivity contribution in [2.24, 2.45) is 0 Å². The molecule has 0 spiro atoms. The highest BCUT2D eigenvalue weighted by Crippen LogP contribution is 2.34. The van der Waals surface area contributed by atoms with E-state index in [-0.39, 0.29) is 11.6 Å². The standard InChI is InChI=1S/C24H21F3N4O/c1-2-16-12-18(14-28-13-16)23(32)22-19(24(25,26)27)8-9-21(30-22)31-11-10-29-20(15-31)17-6-4-3-5-7-17/h2-9,12-14,20,29H,1,10-11,15H2. The largest absolute Gasteiger partial charge is 0.418 e. The number of piperazine rings is 1. The van der Waals surface area contributed by atoms with E-state index in [0.29, 0.717) is 31.0 Å². The molecule has 1 unspecified atom stereocenters. The summed E-state index contributed by atoms with van der Waals surface area (Å²) in [5.41, 5.74) is -0.0566. The number of benzene rings is 1. The lowest BCUT2D eigenvalue weighted by Crippen LogP contribution is -2.46. The van der Waals surface area contributed by atoms with Crippen molar-refractivity contribution < 1.29 is 18.0 Å². The number of carbonyl (C=O) groups is 1. The van der Waals surface area contributed by atoms with Gasteiger partial charge in [0, 0.05) is 43.6 Å². The van der Waals surface area contributed by atoms with E-state index in [9.17, 15) is 18.0 Å². The highest BCUT2D eigenvalue weighted by atomic mass is 19.4. The molecule has 4 rings (SSSR count). The molecule has 1 aliphatic heterocycles. The van der Waals surface area contributed by atoms with Crippen LogP contribution in [-0.2, 0) is 6.18 Å². The Bertz CT molecular complexity index is 1130. The van der Waals surface area contributed by atoms with Gasteiger partial charge in [0.25, 0.3) is 0 Å². The summed E-state index contributed by atoms with van der Waals surface area (Å²) in [4.78, 5) is 23.1. The lowest BCUT2D eigenvalue weighted by molar-refractivity contribution is -0.138. The molecule has 3 aromatic rings. The van der Waals surface area contributed by atoms with Gasteiger partial charge in [-0.3, -0.25) is 9.78 Å². The van der Waals surface area contributed by atoms with Crippen molar-refractivity contribution in [2.75, 3.05) is 24.5 Å². The Balaban J connectivity index is 1.70. The summed E-state index contributed by atoms with van der Waals surface area (Å²) in [5.74, 6) is -0.498. The van der Waals surface area contributed by atoms with Crippen molar-refractivity contribution in [1.82, 2.24) is 15.3 Å². The minimum atomic E-state index is -4.71. The number of hydrogen-bond acceptors (Lipinski definition) is 5. The fourth-order valence-electron chi connectivity index (χ4n) is 3.72. The molecule has 8 heteroatoms. The van der Waals surface area contributed by atoms with Gasteiger partial charge in [-0.25, -0.2) is 4.98 Å². The zero-order valence-corrected chi connectivity index (χ0v) is 17.1. The van der Waals surface area contributed by atoms with Crippen molar-refractivity contribution >= 4 is 17.7 Å². The molecule has 1 fully saturated rings. The lowest BCUT2D eigenvalue weighted by atomic mass is 10.0. The quantitative estimate of drug-likeness (QED) is 0.594. The van der Waals surface area contributed by atoms with Gasteiger partial charge in [0.1, 0.15) is 11.5 Å². The third kappa shape index (κ3) is 4.55. The monoisotopic (exact) mass is 438 g/mol. The molecule has 164 valence electrons. The number of nitrogens with one attached hydrogen (secondary N) is 1. The topological polar surface area (TPSA) is 58.1 Å². The number of hydrogen-bond donors (Lipinski definition) is 1. The number of carbonyl (C=O) groups excluding carboxylic acids is 1. The van der Waals surface area contributed by atoms with E-state index in [1.807, 2.05) is 35.2 Å². The van der Waals surface area contributed by atoms with Gasteiger partial charge in [-0.1, -0.05) is 43.0 Å². The van der Waals surface area contributed by atoms with E-state index in [0.717, 1.165) is 11.6 Å². The Labute approximate surface area is 183 Å². The minimum Gasteiger partial charge on any atom is -0.353 e. The van der Waals surface area contributed by atoms with Gasteiger partial charge < -0.3 is 10.2 Å². The van der Waals surface area contributed by atoms with Gasteiger partial charge in [0.15, 0.2) is 0 Å². The van der Waals surface area contributed by atoms with Crippen LogP contribution in [0.1, 0.15) is 38.8 Å². The number of rotatable bonds is 5. The molecule has 1 aliphatic rings. The molecule has 0 aliphatic carbocycles. The third-order valence-electron chi connectivity index (χ3n) is 5.36. The van der Waals surface area contributed by atoms with E-state index < -0.39 is 23.2 Å². The van der Waals surface area contributed by atoms with E-state index in [1.165, 1.54) is 30.6 Å². The summed E-state index contributed by atoms with van der Waals surface area (Å²) in [6.07, 6.45) is -0.526. The van der Waals surface area contributed by atoms with Crippen LogP contribution in [0.25, 0.3) is 6.08 Å². The highest BCUT2D eigenvalue weighted by Gasteiger charge is 2.37. The van der Waals surface area contributed by atoms with E-state index in [2.05, 4.69) is 21.9 Å². The SMILES string of the molecule is C=Cc1cncc(C(=O)c2nc(N3CCNC(c4ccccc4)C3)ccc2C(F)(F)F)c1. The number of aromatic nitrogens is 2. The van der Waals surface area contributed by atoms with Crippen molar-refractivity contribution in [3.05, 3.63) is 95.5 Å². The average molecular weight is 438 g/mol. The molecule has 0 radical (unpaired) electrons. The van der Waals surface area contributed by atoms with Crippen molar-refractivity contribution in [1.29, 1.82) is 0 Å². The Hall–Kier alpha value is -3.52. The number of alkyl halides is 3. The second kappa shape index (κ2) is 8.92. The summed E-state index contributed by atoms with van der Waals surface area (Å²) < 4.78 is 41.0. The minimum absolute atomic E-state index is 0.00154. The summed E-state index contributed by atoms with van der Waals surface area (Å²) in [6.45, 7) is 5.32. The third-order valence-corrected chi connectivity index (χ3v) is 5.36. The van der Waals surface area contributed by atoms with Gasteiger partial charge in [-0.2, -0.15) is 13.2 Å². The lowest BCUT2D eigenvalue weighted by Gasteiger charge is -2.35. The van der Waals surface area contributed by atoms with Crippen LogP contribution >= 0.6 is 0 Å². The van der Waals surface area contributed by atoms with E-state index >= 15 is 0 Å². The van der Waals surface area contributed by atoms with Crippen molar-refractivity contribution in [2.45, 2.75) is 12.2 Å². The maximum atomic E-state index is 13.7. The normalized spacial score (nSPS) is 16.6. The number of ketones is 1. The first-order chi connectivity index (χ1) is 15.4. The van der Waals surface area contributed by atoms with Crippen LogP contribution < -0.4 is 10.2 Å². The molecule has 0 amide bonds. The maximum absolute atomic E-state index is 13.7. The zero-order valence-electron chi connectivity index (χ0n) is 17.1. The fraction of sp³-hybridized carbons (Fsp3) is 0.208. The fourth-order valence-corrected chi connectivity index (χ4v) is 3.72. The van der Waals surface area contributed by atoms with Crippen molar-refractivity contribution in [3.63, 3.8) is 0 Å². The molecule has 1 aromatic carbocycles. The number of pyridine rings is 2. The number of halogens is 3. The molecule has 32 heavy (non-hydrogen) atoms. The molecular formula is C24H21F3N4O. The van der Waals surface area contributed by atoms with E-state index in [1.54, 1.807) is 0 Å². The average Bonchev–Trinajstić information content (AvgIpc) is 2.83. The Morgan fingerprint density at radius 2 is 1.94 bits per heavy atom. The van der Waals surface area contributed by atoms with Crippen LogP contribution in [0.5, 0.6) is 0 Å². The molecule has 0 saturated carbocycles. The predicted octanol–water partition coefficient (Wildman–Crippen LogP) is 4.52. The van der Waals surface area contributed by atoms with Crippen LogP contribution in [0, 0.1) is 0 Å². The van der Waals surface area contributed by atoms with Gasteiger partial charge in [0.05, 0.1) is 5.56 Å². The van der Waals surface area contributed by atoms with Gasteiger partial charge >= 0.3 is 6.18 Å². The first kappa shape index (κ1) is 21.7. The smallest absolute Gasteiger partial charge is 0.353 e. The summed E-state index contributed by atoms with van der Waals surface area (Å²) in [7, 11) is 0. The predicted molar refractivity (Wildman–Crippen MR) is 116 cm³/mol. The van der Waals surface area contributed by atoms with Crippen molar-refractivity contribution in [3.8, 4) is 0 Å². The van der Waals surface area contributed by atoms with Crippen LogP contribution in [0.15, 0.2) is 67.5 Å². The second-order valence-corrected chi connectivity index (χ2v) is 7.47. The maximum Gasteiger partial charge on any atom is 0.418 e. The van der Waals surface area contributed by atoms with Crippen LogP contribution in [-0.4, -0.2) is 35.4 Å². The molecule has 5 nitrogen and oxygen atoms in total. The van der Waals surface area contributed by atoms with Crippen LogP contribution in [0.2, 0.25) is 0 Å². The van der Waals surface area contributed by atoms with Crippen LogP contribution in [0.4, 0.5) is 19.0 Å². The van der Waals surface area contributed by atoms with Crippen LogP contribution in [0.3, 0.4) is 0 Å². The molecule has 1 atom stereocenters. The van der Waals surface area contributed by atoms with Gasteiger partial charge in [-0.15, -0.1) is 0 Å². The number of nitrogens with zero attached hydrogens (tertiary/aromatic N) is 3. The molecule has 1 saturated heterocycles. The van der Waals surface area contributed by atoms with Gasteiger partial charge in [0.2, 0.25) is 5.78 Å². The Morgan fingerprint density at radius 3 is 2.66 bits per heavy atom. The Kier molecular flexibility index (Phi) is 6.05. The summed E-state index contributed by atoms with van der Waals surface area (Å²) >= 11 is 0. The molecule has 1 N–H and O–H groups in total. The first-order valence-electron chi connectivity index (χ1n) is 10.1. The second-order valence-electron chi connectivity index (χ2n) is 7.47. The zero-order chi connectivity index (χ0) is 22.7. The molecule has 2 aromatic heterocycles. The molecule has 3 heterocycles.